The Kier molecular flexibility index (Phi) is 3.95. The summed E-state index contributed by atoms with van der Waals surface area (Å²) in [5.74, 6) is 0.806. The van der Waals surface area contributed by atoms with Crippen LogP contribution in [0.15, 0.2) is 46.9 Å². The molecular weight excluding hydrogens is 320 g/mol. The molecule has 1 saturated heterocycles. The molecule has 0 unspecified atom stereocenters. The molecule has 130 valence electrons. The summed E-state index contributed by atoms with van der Waals surface area (Å²) in [5.41, 5.74) is -0.720. The lowest BCUT2D eigenvalue weighted by Gasteiger charge is -2.43. The third-order valence-electron chi connectivity index (χ3n) is 4.99. The van der Waals surface area contributed by atoms with Crippen LogP contribution in [0.25, 0.3) is 0 Å². The minimum atomic E-state index is -0.720. The van der Waals surface area contributed by atoms with E-state index in [9.17, 15) is 9.59 Å². The van der Waals surface area contributed by atoms with Crippen LogP contribution in [0.1, 0.15) is 36.2 Å². The van der Waals surface area contributed by atoms with E-state index in [4.69, 9.17) is 9.15 Å². The molecule has 6 nitrogen and oxygen atoms in total. The van der Waals surface area contributed by atoms with Crippen LogP contribution >= 0.6 is 0 Å². The fourth-order valence-electron chi connectivity index (χ4n) is 3.76. The summed E-state index contributed by atoms with van der Waals surface area (Å²) in [6, 6.07) is 12.5. The number of rotatable bonds is 3. The van der Waals surface area contributed by atoms with Crippen molar-refractivity contribution in [1.82, 2.24) is 10.2 Å². The lowest BCUT2D eigenvalue weighted by molar-refractivity contribution is -0.135. The van der Waals surface area contributed by atoms with Gasteiger partial charge in [0, 0.05) is 19.2 Å². The molecule has 4 rings (SSSR count). The van der Waals surface area contributed by atoms with Crippen LogP contribution in [0.2, 0.25) is 0 Å². The van der Waals surface area contributed by atoms with Crippen LogP contribution in [0.3, 0.4) is 0 Å². The highest BCUT2D eigenvalue weighted by Crippen LogP contribution is 2.38. The van der Waals surface area contributed by atoms with E-state index in [-0.39, 0.29) is 23.5 Å². The summed E-state index contributed by atoms with van der Waals surface area (Å²) < 4.78 is 11.2. The number of carbonyl (C=O) groups excluding carboxylic acids is 2. The van der Waals surface area contributed by atoms with Crippen LogP contribution < -0.4 is 10.1 Å². The molecule has 1 N–H and O–H groups in total. The van der Waals surface area contributed by atoms with Crippen molar-refractivity contribution in [3.05, 3.63) is 48.2 Å². The second-order valence-electron chi connectivity index (χ2n) is 6.49. The van der Waals surface area contributed by atoms with E-state index in [1.807, 2.05) is 30.3 Å². The fraction of sp³-hybridized carbons (Fsp3) is 0.368. The average Bonchev–Trinajstić information content (AvgIpc) is 3.29. The zero-order chi connectivity index (χ0) is 17.3. The number of carbonyl (C=O) groups is 2. The topological polar surface area (TPSA) is 71.8 Å². The summed E-state index contributed by atoms with van der Waals surface area (Å²) in [5, 5.41) is 2.90. The summed E-state index contributed by atoms with van der Waals surface area (Å²) >= 11 is 0. The molecule has 2 aromatic rings. The molecule has 2 fully saturated rings. The van der Waals surface area contributed by atoms with Gasteiger partial charge in [-0.3, -0.25) is 9.59 Å². The molecule has 0 bridgehead atoms. The molecule has 2 aliphatic rings. The molecule has 0 atom stereocenters. The number of piperazine rings is 1. The van der Waals surface area contributed by atoms with Crippen LogP contribution in [-0.4, -0.2) is 35.3 Å². The van der Waals surface area contributed by atoms with Crippen LogP contribution in [0.5, 0.6) is 11.7 Å². The van der Waals surface area contributed by atoms with Gasteiger partial charge in [0.2, 0.25) is 5.91 Å². The molecule has 0 radical (unpaired) electrons. The number of furan rings is 1. The predicted molar refractivity (Wildman–Crippen MR) is 90.5 cm³/mol. The maximum Gasteiger partial charge on any atom is 0.290 e. The summed E-state index contributed by atoms with van der Waals surface area (Å²) in [6.07, 6.45) is 3.33. The number of nitrogens with zero attached hydrogens (tertiary/aromatic N) is 1. The van der Waals surface area contributed by atoms with Crippen molar-refractivity contribution in [2.45, 2.75) is 31.2 Å². The summed E-state index contributed by atoms with van der Waals surface area (Å²) in [6.45, 7) is 0.973. The average molecular weight is 340 g/mol. The molecule has 2 heterocycles. The van der Waals surface area contributed by atoms with E-state index in [1.54, 1.807) is 17.0 Å². The molecule has 1 spiro atoms. The summed E-state index contributed by atoms with van der Waals surface area (Å²) in [4.78, 5) is 27.1. The van der Waals surface area contributed by atoms with E-state index < -0.39 is 5.54 Å². The molecule has 25 heavy (non-hydrogen) atoms. The lowest BCUT2D eigenvalue weighted by Crippen LogP contribution is -2.65. The fourth-order valence-corrected chi connectivity index (χ4v) is 3.76. The quantitative estimate of drug-likeness (QED) is 0.932. The highest BCUT2D eigenvalue weighted by Gasteiger charge is 2.50. The largest absolute Gasteiger partial charge is 0.426 e. The van der Waals surface area contributed by atoms with Crippen LogP contribution in [0, 0.1) is 0 Å². The van der Waals surface area contributed by atoms with E-state index in [0.29, 0.717) is 31.7 Å². The number of hydrogen-bond donors (Lipinski definition) is 1. The van der Waals surface area contributed by atoms with Crippen molar-refractivity contribution < 1.29 is 18.7 Å². The number of nitrogens with one attached hydrogen (secondary N) is 1. The van der Waals surface area contributed by atoms with Crippen molar-refractivity contribution in [1.29, 1.82) is 0 Å². The molecule has 1 aliphatic carbocycles. The second-order valence-corrected chi connectivity index (χ2v) is 6.49. The van der Waals surface area contributed by atoms with Crippen molar-refractivity contribution in [3.63, 3.8) is 0 Å². The first-order valence-electron chi connectivity index (χ1n) is 8.62. The predicted octanol–water partition coefficient (Wildman–Crippen LogP) is 2.96. The van der Waals surface area contributed by atoms with E-state index in [0.717, 1.165) is 12.8 Å². The monoisotopic (exact) mass is 340 g/mol. The van der Waals surface area contributed by atoms with Gasteiger partial charge in [0.05, 0.1) is 0 Å². The van der Waals surface area contributed by atoms with Gasteiger partial charge in [-0.15, -0.1) is 0 Å². The Morgan fingerprint density at radius 2 is 1.88 bits per heavy atom. The maximum absolute atomic E-state index is 13.0. The molecule has 6 heteroatoms. The maximum atomic E-state index is 13.0. The van der Waals surface area contributed by atoms with Crippen molar-refractivity contribution >= 4 is 11.8 Å². The smallest absolute Gasteiger partial charge is 0.290 e. The van der Waals surface area contributed by atoms with Gasteiger partial charge in [-0.1, -0.05) is 31.0 Å². The standard InChI is InChI=1S/C19H20N2O4/c22-17(21-13-12-20-18(23)19(21)10-4-5-11-19)15-8-9-16(25-15)24-14-6-2-1-3-7-14/h1-3,6-9H,4-5,10-13H2,(H,20,23). The number of hydrogen-bond acceptors (Lipinski definition) is 4. The Morgan fingerprint density at radius 3 is 2.64 bits per heavy atom. The van der Waals surface area contributed by atoms with Gasteiger partial charge >= 0.3 is 0 Å². The Bertz CT molecular complexity index is 778. The number of amides is 2. The molecule has 1 aliphatic heterocycles. The Hall–Kier alpha value is -2.76. The third kappa shape index (κ3) is 2.77. The molecule has 1 aromatic carbocycles. The molecule has 1 saturated carbocycles. The van der Waals surface area contributed by atoms with Gasteiger partial charge in [0.15, 0.2) is 5.76 Å². The van der Waals surface area contributed by atoms with Gasteiger partial charge in [0.25, 0.3) is 11.9 Å². The second kappa shape index (κ2) is 6.27. The third-order valence-corrected chi connectivity index (χ3v) is 4.99. The van der Waals surface area contributed by atoms with Gasteiger partial charge in [-0.05, 0) is 31.0 Å². The highest BCUT2D eigenvalue weighted by atomic mass is 16.6. The lowest BCUT2D eigenvalue weighted by atomic mass is 9.91. The van der Waals surface area contributed by atoms with Crippen molar-refractivity contribution in [3.8, 4) is 11.7 Å². The zero-order valence-corrected chi connectivity index (χ0v) is 13.9. The van der Waals surface area contributed by atoms with Crippen molar-refractivity contribution in [2.24, 2.45) is 0 Å². The first kappa shape index (κ1) is 15.7. The van der Waals surface area contributed by atoms with Crippen LogP contribution in [-0.2, 0) is 4.79 Å². The molecule has 2 amide bonds. The normalized spacial score (nSPS) is 19.0. The van der Waals surface area contributed by atoms with E-state index in [2.05, 4.69) is 5.32 Å². The molecule has 1 aromatic heterocycles. The zero-order valence-electron chi connectivity index (χ0n) is 13.9. The van der Waals surface area contributed by atoms with Gasteiger partial charge in [-0.2, -0.15) is 0 Å². The van der Waals surface area contributed by atoms with Gasteiger partial charge in [0.1, 0.15) is 11.3 Å². The SMILES string of the molecule is O=C(c1ccc(Oc2ccccc2)o1)N1CCNC(=O)C12CCCC2. The van der Waals surface area contributed by atoms with Crippen molar-refractivity contribution in [2.75, 3.05) is 13.1 Å². The van der Waals surface area contributed by atoms with Gasteiger partial charge in [-0.25, -0.2) is 0 Å². The Labute approximate surface area is 145 Å². The summed E-state index contributed by atoms with van der Waals surface area (Å²) in [7, 11) is 0. The number of benzene rings is 1. The van der Waals surface area contributed by atoms with E-state index in [1.165, 1.54) is 0 Å². The number of para-hydroxylation sites is 1. The first-order valence-corrected chi connectivity index (χ1v) is 8.62. The minimum Gasteiger partial charge on any atom is -0.426 e. The Balaban J connectivity index is 1.55. The number of ether oxygens (including phenoxy) is 1. The van der Waals surface area contributed by atoms with Crippen LogP contribution in [0.4, 0.5) is 0 Å². The van der Waals surface area contributed by atoms with Gasteiger partial charge < -0.3 is 19.4 Å². The van der Waals surface area contributed by atoms with E-state index >= 15 is 0 Å². The first-order chi connectivity index (χ1) is 12.2. The Morgan fingerprint density at radius 1 is 1.12 bits per heavy atom. The highest BCUT2D eigenvalue weighted by molar-refractivity contribution is 5.98. The minimum absolute atomic E-state index is 0.0445. The molecular formula is C19H20N2O4.